The van der Waals surface area contributed by atoms with Gasteiger partial charge in [0.2, 0.25) is 5.91 Å². The van der Waals surface area contributed by atoms with E-state index in [1.54, 1.807) is 4.57 Å². The molecule has 3 aromatic rings. The maximum absolute atomic E-state index is 13.0. The summed E-state index contributed by atoms with van der Waals surface area (Å²) in [7, 11) is 0. The van der Waals surface area contributed by atoms with Crippen LogP contribution in [0.1, 0.15) is 57.3 Å². The number of carbonyl (C=O) groups is 1. The van der Waals surface area contributed by atoms with Crippen molar-refractivity contribution in [3.05, 3.63) is 51.9 Å². The average Bonchev–Trinajstić information content (AvgIpc) is 3.12. The molecule has 3 rings (SSSR count). The molecule has 0 aliphatic heterocycles. The Morgan fingerprint density at radius 2 is 2.00 bits per heavy atom. The molecule has 0 aliphatic rings. The second kappa shape index (κ2) is 9.98. The third kappa shape index (κ3) is 5.14. The molecular weight excluding hydrogens is 396 g/mol. The summed E-state index contributed by atoms with van der Waals surface area (Å²) in [6.07, 6.45) is 4.19. The van der Waals surface area contributed by atoms with Crippen LogP contribution in [0.25, 0.3) is 11.0 Å². The first kappa shape index (κ1) is 22.2. The fraction of sp³-hybridized carbons (Fsp3) is 0.435. The first-order valence-corrected chi connectivity index (χ1v) is 11.5. The van der Waals surface area contributed by atoms with Crippen LogP contribution in [0.15, 0.2) is 40.3 Å². The second-order valence-electron chi connectivity index (χ2n) is 7.68. The van der Waals surface area contributed by atoms with Crippen molar-refractivity contribution in [2.24, 2.45) is 0 Å². The highest BCUT2D eigenvalue weighted by atomic mass is 32.2. The minimum Gasteiger partial charge on any atom is -0.353 e. The van der Waals surface area contributed by atoms with Crippen molar-refractivity contribution in [2.75, 3.05) is 11.1 Å². The van der Waals surface area contributed by atoms with Crippen LogP contribution in [-0.4, -0.2) is 26.2 Å². The van der Waals surface area contributed by atoms with E-state index in [0.29, 0.717) is 16.2 Å². The van der Waals surface area contributed by atoms with Gasteiger partial charge >= 0.3 is 0 Å². The summed E-state index contributed by atoms with van der Waals surface area (Å²) in [5, 5.41) is 3.51. The van der Waals surface area contributed by atoms with E-state index in [9.17, 15) is 9.59 Å². The van der Waals surface area contributed by atoms with E-state index in [1.807, 2.05) is 39.0 Å². The van der Waals surface area contributed by atoms with Crippen molar-refractivity contribution in [1.29, 1.82) is 0 Å². The lowest BCUT2D eigenvalue weighted by atomic mass is 10.1. The average molecular weight is 427 g/mol. The maximum Gasteiger partial charge on any atom is 0.278 e. The van der Waals surface area contributed by atoms with Crippen LogP contribution in [0.3, 0.4) is 0 Å². The van der Waals surface area contributed by atoms with Gasteiger partial charge in [-0.3, -0.25) is 14.2 Å². The zero-order chi connectivity index (χ0) is 21.7. The predicted molar refractivity (Wildman–Crippen MR) is 125 cm³/mol. The SMILES string of the molecule is CCCCc1ccc(NC(=O)CSc2nc3cc(C)[nH]c3c(=O)n2[C@H](C)CC)cc1. The zero-order valence-electron chi connectivity index (χ0n) is 18.1. The Morgan fingerprint density at radius 1 is 1.27 bits per heavy atom. The normalized spacial score (nSPS) is 12.3. The quantitative estimate of drug-likeness (QED) is 0.369. The molecule has 0 fully saturated rings. The van der Waals surface area contributed by atoms with E-state index >= 15 is 0 Å². The molecule has 0 radical (unpaired) electrons. The van der Waals surface area contributed by atoms with Gasteiger partial charge < -0.3 is 10.3 Å². The van der Waals surface area contributed by atoms with Gasteiger partial charge in [-0.25, -0.2) is 4.98 Å². The molecule has 0 spiro atoms. The van der Waals surface area contributed by atoms with Crippen LogP contribution in [0.5, 0.6) is 0 Å². The number of aromatic amines is 1. The molecule has 0 aliphatic carbocycles. The standard InChI is InChI=1S/C23H30N4O2S/c1-5-7-8-17-9-11-18(12-10-17)25-20(28)14-30-23-26-19-13-15(3)24-21(19)22(29)27(23)16(4)6-2/h9-13,16,24H,5-8,14H2,1-4H3,(H,25,28)/t16-/m1/s1. The fourth-order valence-corrected chi connectivity index (χ4v) is 4.22. The number of nitrogens with zero attached hydrogens (tertiary/aromatic N) is 2. The van der Waals surface area contributed by atoms with E-state index in [-0.39, 0.29) is 23.3 Å². The third-order valence-corrected chi connectivity index (χ3v) is 6.16. The summed E-state index contributed by atoms with van der Waals surface area (Å²) >= 11 is 1.30. The van der Waals surface area contributed by atoms with Crippen molar-refractivity contribution in [3.8, 4) is 0 Å². The molecule has 6 nitrogen and oxygen atoms in total. The number of thioether (sulfide) groups is 1. The van der Waals surface area contributed by atoms with Crippen molar-refractivity contribution < 1.29 is 4.79 Å². The monoisotopic (exact) mass is 426 g/mol. The molecular formula is C23H30N4O2S. The number of carbonyl (C=O) groups excluding carboxylic acids is 1. The van der Waals surface area contributed by atoms with E-state index in [0.717, 1.165) is 30.6 Å². The number of rotatable bonds is 9. The van der Waals surface area contributed by atoms with Gasteiger partial charge in [-0.2, -0.15) is 0 Å². The second-order valence-corrected chi connectivity index (χ2v) is 8.62. The van der Waals surface area contributed by atoms with E-state index in [1.165, 1.54) is 23.7 Å². The lowest BCUT2D eigenvalue weighted by molar-refractivity contribution is -0.113. The number of hydrogen-bond acceptors (Lipinski definition) is 4. The summed E-state index contributed by atoms with van der Waals surface area (Å²) in [5.74, 6) is 0.0756. The summed E-state index contributed by atoms with van der Waals surface area (Å²) in [4.78, 5) is 33.2. The topological polar surface area (TPSA) is 79.8 Å². The molecule has 0 saturated heterocycles. The molecule has 0 saturated carbocycles. The number of aromatic nitrogens is 3. The van der Waals surface area contributed by atoms with Gasteiger partial charge in [-0.05, 0) is 56.9 Å². The van der Waals surface area contributed by atoms with Crippen molar-refractivity contribution >= 4 is 34.4 Å². The number of nitrogens with one attached hydrogen (secondary N) is 2. The van der Waals surface area contributed by atoms with Crippen LogP contribution in [0.2, 0.25) is 0 Å². The molecule has 0 unspecified atom stereocenters. The molecule has 2 aromatic heterocycles. The molecule has 0 bridgehead atoms. The molecule has 30 heavy (non-hydrogen) atoms. The third-order valence-electron chi connectivity index (χ3n) is 5.21. The van der Waals surface area contributed by atoms with Gasteiger partial charge in [0.15, 0.2) is 5.16 Å². The Balaban J connectivity index is 1.73. The smallest absolute Gasteiger partial charge is 0.278 e. The number of aryl methyl sites for hydroxylation is 2. The minimum atomic E-state index is -0.114. The Labute approximate surface area is 181 Å². The zero-order valence-corrected chi connectivity index (χ0v) is 18.9. The predicted octanol–water partition coefficient (Wildman–Crippen LogP) is 5.08. The van der Waals surface area contributed by atoms with Crippen LogP contribution < -0.4 is 10.9 Å². The summed E-state index contributed by atoms with van der Waals surface area (Å²) < 4.78 is 1.69. The highest BCUT2D eigenvalue weighted by molar-refractivity contribution is 7.99. The van der Waals surface area contributed by atoms with Crippen molar-refractivity contribution in [2.45, 2.75) is 64.6 Å². The Morgan fingerprint density at radius 3 is 2.67 bits per heavy atom. The minimum absolute atomic E-state index is 0.000711. The van der Waals surface area contributed by atoms with Gasteiger partial charge in [0.1, 0.15) is 5.52 Å². The first-order chi connectivity index (χ1) is 14.4. The molecule has 2 heterocycles. The highest BCUT2D eigenvalue weighted by Gasteiger charge is 2.18. The van der Waals surface area contributed by atoms with E-state index in [4.69, 9.17) is 0 Å². The Kier molecular flexibility index (Phi) is 7.37. The van der Waals surface area contributed by atoms with Gasteiger partial charge in [-0.1, -0.05) is 44.2 Å². The summed E-state index contributed by atoms with van der Waals surface area (Å²) in [6, 6.07) is 9.86. The number of anilines is 1. The Bertz CT molecular complexity index is 1070. The van der Waals surface area contributed by atoms with E-state index in [2.05, 4.69) is 34.3 Å². The Hall–Kier alpha value is -2.54. The summed E-state index contributed by atoms with van der Waals surface area (Å²) in [5.41, 5.74) is 4.03. The van der Waals surface area contributed by atoms with Gasteiger partial charge in [0, 0.05) is 17.4 Å². The molecule has 1 amide bonds. The number of amides is 1. The maximum atomic E-state index is 13.0. The molecule has 1 atom stereocenters. The van der Waals surface area contributed by atoms with Crippen LogP contribution in [0.4, 0.5) is 5.69 Å². The molecule has 160 valence electrons. The van der Waals surface area contributed by atoms with E-state index < -0.39 is 0 Å². The largest absolute Gasteiger partial charge is 0.353 e. The fourth-order valence-electron chi connectivity index (χ4n) is 3.33. The highest BCUT2D eigenvalue weighted by Crippen LogP contribution is 2.23. The van der Waals surface area contributed by atoms with Crippen LogP contribution >= 0.6 is 11.8 Å². The van der Waals surface area contributed by atoms with Crippen molar-refractivity contribution in [3.63, 3.8) is 0 Å². The number of H-pyrrole nitrogens is 1. The van der Waals surface area contributed by atoms with Crippen molar-refractivity contribution in [1.82, 2.24) is 14.5 Å². The lowest BCUT2D eigenvalue weighted by Gasteiger charge is -2.17. The molecule has 2 N–H and O–H groups in total. The first-order valence-electron chi connectivity index (χ1n) is 10.6. The number of benzene rings is 1. The summed E-state index contributed by atoms with van der Waals surface area (Å²) in [6.45, 7) is 8.11. The number of unbranched alkanes of at least 4 members (excludes halogenated alkanes) is 1. The van der Waals surface area contributed by atoms with Crippen LogP contribution in [-0.2, 0) is 11.2 Å². The van der Waals surface area contributed by atoms with Crippen LogP contribution in [0, 0.1) is 6.92 Å². The lowest BCUT2D eigenvalue weighted by Crippen LogP contribution is -2.26. The molecule has 1 aromatic carbocycles. The molecule has 7 heteroatoms. The van der Waals surface area contributed by atoms with Gasteiger partial charge in [0.05, 0.1) is 11.3 Å². The number of hydrogen-bond donors (Lipinski definition) is 2. The van der Waals surface area contributed by atoms with Gasteiger partial charge in [-0.15, -0.1) is 0 Å². The number of fused-ring (bicyclic) bond motifs is 1. The van der Waals surface area contributed by atoms with Gasteiger partial charge in [0.25, 0.3) is 5.56 Å².